The normalized spacial score (nSPS) is 11.3. The fourth-order valence-corrected chi connectivity index (χ4v) is 21.3. The van der Waals surface area contributed by atoms with Gasteiger partial charge < -0.3 is 28.4 Å². The van der Waals surface area contributed by atoms with Crippen LogP contribution in [0.15, 0.2) is 582 Å². The molecular formula is C138H96N6. The van der Waals surface area contributed by atoms with Gasteiger partial charge in [-0.15, -0.1) is 0 Å². The van der Waals surface area contributed by atoms with Gasteiger partial charge in [-0.05, 0) is 257 Å². The first-order valence-electron chi connectivity index (χ1n) is 49.3. The van der Waals surface area contributed by atoms with Crippen LogP contribution in [0.25, 0.3) is 182 Å². The molecule has 0 bridgehead atoms. The summed E-state index contributed by atoms with van der Waals surface area (Å²) >= 11 is 0. The van der Waals surface area contributed by atoms with Crippen molar-refractivity contribution in [2.24, 2.45) is 0 Å². The molecular weight excluding hydrogens is 1740 g/mol. The number of benzene rings is 24. The average molecular weight is 1840 g/mol. The Morgan fingerprint density at radius 2 is 0.389 bits per heavy atom. The Kier molecular flexibility index (Phi) is 23.0. The SMILES string of the molecule is c1ccc(-c2ccc(N(c3ccc(-c4ccccc4)cc3)c3cc4c(c5ccccc35)c3ccccc3n4-c3ccccc3)cc2)cc1.c1ccc(-c2ccc(N(c3ccc(-c4ccccc4)cc3)c3cc4ccccc4c4c5ccccc5n(-c5ccccc5)c34)cc2)cc1.c1ccc(-c2ccc(N(c3ccc(-c4ccccc4)cc3)c3ccc4c(c3)c3cc5ccccc5cc3n4-c3ccccc3)cc2)cc1. The van der Waals surface area contributed by atoms with Crippen LogP contribution in [0.4, 0.5) is 51.2 Å². The first-order valence-corrected chi connectivity index (χ1v) is 49.3. The van der Waals surface area contributed by atoms with Crippen molar-refractivity contribution in [2.75, 3.05) is 14.7 Å². The van der Waals surface area contributed by atoms with Gasteiger partial charge in [-0.1, -0.05) is 419 Å². The van der Waals surface area contributed by atoms with Crippen molar-refractivity contribution in [1.29, 1.82) is 0 Å². The van der Waals surface area contributed by atoms with Crippen LogP contribution < -0.4 is 14.7 Å². The summed E-state index contributed by atoms with van der Waals surface area (Å²) in [4.78, 5) is 7.21. The highest BCUT2D eigenvalue weighted by Crippen LogP contribution is 2.51. The molecule has 0 aliphatic heterocycles. The van der Waals surface area contributed by atoms with Crippen molar-refractivity contribution < 1.29 is 0 Å². The molecule has 0 atom stereocenters. The van der Waals surface area contributed by atoms with Gasteiger partial charge in [0, 0.05) is 94.6 Å². The van der Waals surface area contributed by atoms with Gasteiger partial charge in [0.15, 0.2) is 0 Å². The summed E-state index contributed by atoms with van der Waals surface area (Å²) in [6.45, 7) is 0. The number of hydrogen-bond acceptors (Lipinski definition) is 3. The van der Waals surface area contributed by atoms with Gasteiger partial charge in [0.25, 0.3) is 0 Å². The molecule has 0 amide bonds. The van der Waals surface area contributed by atoms with Gasteiger partial charge in [-0.2, -0.15) is 0 Å². The molecule has 678 valence electrons. The number of para-hydroxylation sites is 5. The quantitative estimate of drug-likeness (QED) is 0.0856. The summed E-state index contributed by atoms with van der Waals surface area (Å²) in [6, 6.07) is 210. The predicted octanol–water partition coefficient (Wildman–Crippen LogP) is 38.2. The molecule has 27 rings (SSSR count). The molecule has 24 aromatic carbocycles. The Labute approximate surface area is 837 Å². The van der Waals surface area contributed by atoms with E-state index in [4.69, 9.17) is 0 Å². The molecule has 0 radical (unpaired) electrons. The molecule has 0 aliphatic carbocycles. The first-order chi connectivity index (χ1) is 71.5. The molecule has 6 nitrogen and oxygen atoms in total. The molecule has 0 saturated heterocycles. The number of fused-ring (bicyclic) bond motifs is 14. The van der Waals surface area contributed by atoms with Crippen molar-refractivity contribution in [3.8, 4) is 83.8 Å². The van der Waals surface area contributed by atoms with E-state index in [1.54, 1.807) is 0 Å². The third-order valence-corrected chi connectivity index (χ3v) is 28.1. The predicted molar refractivity (Wildman–Crippen MR) is 612 cm³/mol. The number of rotatable bonds is 18. The van der Waals surface area contributed by atoms with E-state index in [0.717, 1.165) is 68.2 Å². The van der Waals surface area contributed by atoms with E-state index in [1.165, 1.54) is 164 Å². The Balaban J connectivity index is 0.000000113. The highest BCUT2D eigenvalue weighted by molar-refractivity contribution is 6.27. The highest BCUT2D eigenvalue weighted by atomic mass is 15.2. The molecule has 0 saturated carbocycles. The third kappa shape index (κ3) is 16.5. The van der Waals surface area contributed by atoms with Crippen LogP contribution in [0.1, 0.15) is 0 Å². The zero-order valence-corrected chi connectivity index (χ0v) is 79.1. The van der Waals surface area contributed by atoms with Gasteiger partial charge >= 0.3 is 0 Å². The van der Waals surface area contributed by atoms with Crippen molar-refractivity contribution in [3.05, 3.63) is 582 Å². The van der Waals surface area contributed by atoms with Crippen molar-refractivity contribution in [3.63, 3.8) is 0 Å². The lowest BCUT2D eigenvalue weighted by Gasteiger charge is -2.28. The van der Waals surface area contributed by atoms with Crippen LogP contribution in [0.2, 0.25) is 0 Å². The van der Waals surface area contributed by atoms with E-state index in [1.807, 2.05) is 0 Å². The molecule has 0 aliphatic rings. The minimum absolute atomic E-state index is 1.10. The van der Waals surface area contributed by atoms with E-state index in [9.17, 15) is 0 Å². The van der Waals surface area contributed by atoms with Crippen molar-refractivity contribution in [1.82, 2.24) is 13.7 Å². The summed E-state index contributed by atoms with van der Waals surface area (Å²) in [7, 11) is 0. The topological polar surface area (TPSA) is 24.5 Å². The molecule has 3 heterocycles. The fraction of sp³-hybridized carbons (Fsp3) is 0. The Morgan fingerprint density at radius 1 is 0.125 bits per heavy atom. The lowest BCUT2D eigenvalue weighted by atomic mass is 9.99. The zero-order chi connectivity index (χ0) is 95.6. The van der Waals surface area contributed by atoms with Gasteiger partial charge in [0.05, 0.1) is 44.5 Å². The molecule has 0 unspecified atom stereocenters. The first kappa shape index (κ1) is 86.4. The monoisotopic (exact) mass is 1840 g/mol. The third-order valence-electron chi connectivity index (χ3n) is 28.1. The molecule has 6 heteroatoms. The maximum absolute atomic E-state index is 2.44. The zero-order valence-electron chi connectivity index (χ0n) is 79.1. The Hall–Kier alpha value is -19.1. The summed E-state index contributed by atoms with van der Waals surface area (Å²) in [6.07, 6.45) is 0. The van der Waals surface area contributed by atoms with E-state index < -0.39 is 0 Å². The van der Waals surface area contributed by atoms with Gasteiger partial charge in [0.1, 0.15) is 0 Å². The van der Waals surface area contributed by atoms with E-state index in [2.05, 4.69) is 611 Å². The maximum atomic E-state index is 2.44. The molecule has 144 heavy (non-hydrogen) atoms. The lowest BCUT2D eigenvalue weighted by Crippen LogP contribution is -2.12. The van der Waals surface area contributed by atoms with Crippen LogP contribution >= 0.6 is 0 Å². The molecule has 0 fully saturated rings. The lowest BCUT2D eigenvalue weighted by molar-refractivity contribution is 1.17. The highest BCUT2D eigenvalue weighted by Gasteiger charge is 2.28. The second-order valence-corrected chi connectivity index (χ2v) is 36.6. The van der Waals surface area contributed by atoms with Gasteiger partial charge in [-0.25, -0.2) is 0 Å². The van der Waals surface area contributed by atoms with Crippen molar-refractivity contribution >= 4 is 149 Å². The van der Waals surface area contributed by atoms with Gasteiger partial charge in [-0.3, -0.25) is 0 Å². The van der Waals surface area contributed by atoms with Crippen LogP contribution in [0, 0.1) is 0 Å². The van der Waals surface area contributed by atoms with Crippen LogP contribution in [-0.4, -0.2) is 13.7 Å². The number of nitrogens with zero attached hydrogens (tertiary/aromatic N) is 6. The van der Waals surface area contributed by atoms with Gasteiger partial charge in [0.2, 0.25) is 0 Å². The molecule has 3 aromatic heterocycles. The average Bonchev–Trinajstić information content (AvgIpc) is 1.56. The number of aromatic nitrogens is 3. The van der Waals surface area contributed by atoms with E-state index in [0.29, 0.717) is 0 Å². The van der Waals surface area contributed by atoms with E-state index in [-0.39, 0.29) is 0 Å². The smallest absolute Gasteiger partial charge is 0.0788 e. The van der Waals surface area contributed by atoms with Crippen LogP contribution in [0.3, 0.4) is 0 Å². The minimum atomic E-state index is 1.10. The molecule has 0 N–H and O–H groups in total. The standard InChI is InChI=1S/3C46H32N2/c1-4-14-33(15-5-1)35-24-28-39(29-25-35)47(40-30-26-36(27-31-40)34-16-6-2-7-17-34)44-32-37-18-10-11-21-41(37)45-42-22-12-13-23-43(42)48(46(44)45)38-19-8-3-9-20-38;1-4-14-33(15-5-1)35-24-28-38(29-25-35)47(39-30-26-36(27-31-39)34-16-6-2-7-17-34)44-32-45-46(41-21-11-10-20-40(41)44)42-22-12-13-23-43(42)48(45)37-18-8-3-9-19-37;1-4-12-33(13-5-1)35-20-24-40(25-21-35)47(41-26-22-36(23-27-41)34-14-6-2-7-15-34)42-28-29-45-44(32-42)43-30-37-16-10-11-17-38(37)31-46(43)48(45)39-18-8-3-9-19-39/h3*1-32H. The number of anilines is 9. The fourth-order valence-electron chi connectivity index (χ4n) is 21.3. The van der Waals surface area contributed by atoms with E-state index >= 15 is 0 Å². The summed E-state index contributed by atoms with van der Waals surface area (Å²) < 4.78 is 7.25. The summed E-state index contributed by atoms with van der Waals surface area (Å²) in [5.41, 5.74) is 35.1. The summed E-state index contributed by atoms with van der Waals surface area (Å²) in [5.74, 6) is 0. The Morgan fingerprint density at radius 3 is 0.785 bits per heavy atom. The van der Waals surface area contributed by atoms with Crippen LogP contribution in [-0.2, 0) is 0 Å². The maximum Gasteiger partial charge on any atom is 0.0788 e. The number of hydrogen-bond donors (Lipinski definition) is 0. The van der Waals surface area contributed by atoms with Crippen molar-refractivity contribution in [2.45, 2.75) is 0 Å². The van der Waals surface area contributed by atoms with Crippen LogP contribution in [0.5, 0.6) is 0 Å². The largest absolute Gasteiger partial charge is 0.310 e. The molecule has 0 spiro atoms. The second-order valence-electron chi connectivity index (χ2n) is 36.6. The second kappa shape index (κ2) is 38.3. The minimum Gasteiger partial charge on any atom is -0.310 e. The Bertz CT molecular complexity index is 9020. The molecule has 27 aromatic rings. The summed E-state index contributed by atoms with van der Waals surface area (Å²) in [5, 5.41) is 14.9.